The van der Waals surface area contributed by atoms with Gasteiger partial charge in [0.1, 0.15) is 0 Å². The van der Waals surface area contributed by atoms with E-state index in [1.165, 1.54) is 6.08 Å². The fourth-order valence-electron chi connectivity index (χ4n) is 3.00. The second-order valence-corrected chi connectivity index (χ2v) is 6.68. The molecule has 0 spiro atoms. The van der Waals surface area contributed by atoms with Crippen molar-refractivity contribution in [3.8, 4) is 0 Å². The Morgan fingerprint density at radius 2 is 1.88 bits per heavy atom. The Kier molecular flexibility index (Phi) is 10.0. The minimum absolute atomic E-state index is 0.0313. The molecule has 5 nitrogen and oxygen atoms in total. The molecule has 5 heteroatoms. The second-order valence-electron chi connectivity index (χ2n) is 6.68. The molecule has 1 rings (SSSR count). The first-order valence-corrected chi connectivity index (χ1v) is 9.30. The van der Waals surface area contributed by atoms with Crippen molar-refractivity contribution in [2.24, 2.45) is 0 Å². The van der Waals surface area contributed by atoms with Crippen LogP contribution in [0.5, 0.6) is 0 Å². The number of hydrogen-bond donors (Lipinski definition) is 2. The number of aliphatic hydroxyl groups excluding tert-OH is 1. The molecular formula is C20H30O5. The molecule has 1 aliphatic rings. The van der Waals surface area contributed by atoms with Gasteiger partial charge in [0.15, 0.2) is 11.6 Å². The van der Waals surface area contributed by atoms with Crippen LogP contribution in [0, 0.1) is 0 Å². The van der Waals surface area contributed by atoms with Gasteiger partial charge in [0.25, 0.3) is 0 Å². The highest BCUT2D eigenvalue weighted by Crippen LogP contribution is 2.28. The van der Waals surface area contributed by atoms with E-state index in [0.29, 0.717) is 44.1 Å². The molecule has 0 aromatic carbocycles. The van der Waals surface area contributed by atoms with Gasteiger partial charge in [-0.1, -0.05) is 25.3 Å². The molecule has 140 valence electrons. The normalized spacial score (nSPS) is 16.0. The summed E-state index contributed by atoms with van der Waals surface area (Å²) in [5.74, 6) is -0.762. The number of aliphatic hydroxyl groups is 1. The summed E-state index contributed by atoms with van der Waals surface area (Å²) in [6.07, 6.45) is 9.47. The van der Waals surface area contributed by atoms with Gasteiger partial charge >= 0.3 is 5.97 Å². The van der Waals surface area contributed by atoms with Crippen molar-refractivity contribution in [2.75, 3.05) is 0 Å². The maximum Gasteiger partial charge on any atom is 0.303 e. The van der Waals surface area contributed by atoms with Crippen molar-refractivity contribution in [3.05, 3.63) is 23.3 Å². The van der Waals surface area contributed by atoms with Gasteiger partial charge in [-0.25, -0.2) is 0 Å². The first-order valence-electron chi connectivity index (χ1n) is 9.30. The minimum Gasteiger partial charge on any atom is -0.481 e. The van der Waals surface area contributed by atoms with Gasteiger partial charge in [-0.3, -0.25) is 14.4 Å². The molecule has 0 aromatic heterocycles. The Morgan fingerprint density at radius 3 is 2.56 bits per heavy atom. The van der Waals surface area contributed by atoms with Gasteiger partial charge in [0.2, 0.25) is 0 Å². The molecule has 0 saturated carbocycles. The van der Waals surface area contributed by atoms with Crippen molar-refractivity contribution < 1.29 is 24.6 Å². The van der Waals surface area contributed by atoms with Crippen LogP contribution in [0.3, 0.4) is 0 Å². The largest absolute Gasteiger partial charge is 0.481 e. The standard InChI is InChI=1S/C20H30O5/c1-2-3-4-7-16(21)10-12-18-15(9-13-19(18)23)6-5-8-17(22)11-14-20(24)25/h10,12,17,22H,2-9,11,13-14H2,1H3,(H,24,25)/b12-10+. The number of carbonyl (C=O) groups excluding carboxylic acids is 2. The summed E-state index contributed by atoms with van der Waals surface area (Å²) in [6.45, 7) is 2.09. The van der Waals surface area contributed by atoms with Crippen molar-refractivity contribution in [1.82, 2.24) is 0 Å². The minimum atomic E-state index is -0.904. The maximum absolute atomic E-state index is 12.0. The number of unbranched alkanes of at least 4 members (excludes halogenated alkanes) is 2. The van der Waals surface area contributed by atoms with E-state index in [9.17, 15) is 19.5 Å². The van der Waals surface area contributed by atoms with Gasteiger partial charge in [0, 0.05) is 24.8 Å². The second kappa shape index (κ2) is 11.7. The summed E-state index contributed by atoms with van der Waals surface area (Å²) in [7, 11) is 0. The number of allylic oxidation sites excluding steroid dienone is 4. The predicted molar refractivity (Wildman–Crippen MR) is 96.3 cm³/mol. The van der Waals surface area contributed by atoms with Crippen LogP contribution in [-0.2, 0) is 14.4 Å². The third-order valence-electron chi connectivity index (χ3n) is 4.51. The highest BCUT2D eigenvalue weighted by atomic mass is 16.4. The van der Waals surface area contributed by atoms with Gasteiger partial charge < -0.3 is 10.2 Å². The molecule has 0 saturated heterocycles. The van der Waals surface area contributed by atoms with E-state index in [4.69, 9.17) is 5.11 Å². The number of hydrogen-bond acceptors (Lipinski definition) is 4. The maximum atomic E-state index is 12.0. The van der Waals surface area contributed by atoms with E-state index in [0.717, 1.165) is 24.8 Å². The quantitative estimate of drug-likeness (QED) is 0.390. The van der Waals surface area contributed by atoms with E-state index in [-0.39, 0.29) is 24.4 Å². The van der Waals surface area contributed by atoms with Crippen molar-refractivity contribution in [3.63, 3.8) is 0 Å². The van der Waals surface area contributed by atoms with E-state index in [1.54, 1.807) is 6.08 Å². The first kappa shape index (κ1) is 21.3. The van der Waals surface area contributed by atoms with Crippen molar-refractivity contribution >= 4 is 17.5 Å². The van der Waals surface area contributed by atoms with E-state index < -0.39 is 12.1 Å². The van der Waals surface area contributed by atoms with E-state index in [1.807, 2.05) is 0 Å². The average Bonchev–Trinajstić information content (AvgIpc) is 2.91. The number of aliphatic carboxylic acids is 1. The fourth-order valence-corrected chi connectivity index (χ4v) is 3.00. The van der Waals surface area contributed by atoms with Gasteiger partial charge in [-0.15, -0.1) is 0 Å². The molecule has 0 bridgehead atoms. The number of carbonyl (C=O) groups is 3. The fraction of sp³-hybridized carbons (Fsp3) is 0.650. The summed E-state index contributed by atoms with van der Waals surface area (Å²) >= 11 is 0. The number of ketones is 2. The highest BCUT2D eigenvalue weighted by molar-refractivity contribution is 6.03. The molecule has 1 atom stereocenters. The van der Waals surface area contributed by atoms with Crippen LogP contribution < -0.4 is 0 Å². The Bertz CT molecular complexity index is 530. The monoisotopic (exact) mass is 350 g/mol. The smallest absolute Gasteiger partial charge is 0.303 e. The molecular weight excluding hydrogens is 320 g/mol. The SMILES string of the molecule is CCCCCC(=O)/C=C/C1=C(CCCC(O)CCC(=O)O)CCC1=O. The van der Waals surface area contributed by atoms with Crippen LogP contribution in [0.25, 0.3) is 0 Å². The Morgan fingerprint density at radius 1 is 1.12 bits per heavy atom. The summed E-state index contributed by atoms with van der Waals surface area (Å²) in [5.41, 5.74) is 1.71. The lowest BCUT2D eigenvalue weighted by Crippen LogP contribution is -2.09. The molecule has 0 heterocycles. The first-order chi connectivity index (χ1) is 11.9. The van der Waals surface area contributed by atoms with Gasteiger partial charge in [-0.05, 0) is 50.7 Å². The van der Waals surface area contributed by atoms with Gasteiger partial charge in [0.05, 0.1) is 6.10 Å². The number of carboxylic acids is 1. The molecule has 1 aliphatic carbocycles. The zero-order chi connectivity index (χ0) is 18.7. The van der Waals surface area contributed by atoms with Crippen molar-refractivity contribution in [1.29, 1.82) is 0 Å². The number of Topliss-reactive ketones (excluding diaryl/α,β-unsaturated/α-hetero) is 1. The topological polar surface area (TPSA) is 91.7 Å². The van der Waals surface area contributed by atoms with Crippen molar-refractivity contribution in [2.45, 2.75) is 83.7 Å². The number of carboxylic acid groups (broad SMARTS) is 1. The van der Waals surface area contributed by atoms with Gasteiger partial charge in [-0.2, -0.15) is 0 Å². The predicted octanol–water partition coefficient (Wildman–Crippen LogP) is 3.75. The van der Waals surface area contributed by atoms with E-state index >= 15 is 0 Å². The summed E-state index contributed by atoms with van der Waals surface area (Å²) < 4.78 is 0. The third-order valence-corrected chi connectivity index (χ3v) is 4.51. The summed E-state index contributed by atoms with van der Waals surface area (Å²) in [4.78, 5) is 34.3. The average molecular weight is 350 g/mol. The van der Waals surface area contributed by atoms with Crippen LogP contribution in [0.4, 0.5) is 0 Å². The Balaban J connectivity index is 2.47. The molecule has 25 heavy (non-hydrogen) atoms. The molecule has 0 fully saturated rings. The lowest BCUT2D eigenvalue weighted by molar-refractivity contribution is -0.137. The lowest BCUT2D eigenvalue weighted by Gasteiger charge is -2.09. The van der Waals surface area contributed by atoms with Crippen LogP contribution in [0.2, 0.25) is 0 Å². The Hall–Kier alpha value is -1.75. The highest BCUT2D eigenvalue weighted by Gasteiger charge is 2.21. The molecule has 0 radical (unpaired) electrons. The molecule has 0 aliphatic heterocycles. The zero-order valence-corrected chi connectivity index (χ0v) is 15.1. The Labute approximate surface area is 149 Å². The molecule has 2 N–H and O–H groups in total. The van der Waals surface area contributed by atoms with Crippen LogP contribution >= 0.6 is 0 Å². The van der Waals surface area contributed by atoms with E-state index in [2.05, 4.69) is 6.92 Å². The number of rotatable bonds is 13. The summed E-state index contributed by atoms with van der Waals surface area (Å²) in [5, 5.41) is 18.4. The molecule has 0 aromatic rings. The van der Waals surface area contributed by atoms with Crippen LogP contribution in [0.1, 0.15) is 77.6 Å². The third kappa shape index (κ3) is 8.77. The van der Waals surface area contributed by atoms with Crippen LogP contribution in [0.15, 0.2) is 23.3 Å². The van der Waals surface area contributed by atoms with Crippen LogP contribution in [-0.4, -0.2) is 33.9 Å². The molecule has 0 amide bonds. The lowest BCUT2D eigenvalue weighted by atomic mass is 10.0. The molecule has 1 unspecified atom stereocenters. The summed E-state index contributed by atoms with van der Waals surface area (Å²) in [6, 6.07) is 0. The zero-order valence-electron chi connectivity index (χ0n) is 15.1.